The molecule has 0 unspecified atom stereocenters. The van der Waals surface area contributed by atoms with E-state index in [1.807, 2.05) is 50.2 Å². The molecule has 1 amide bonds. The van der Waals surface area contributed by atoms with Gasteiger partial charge in [0.05, 0.1) is 35.3 Å². The van der Waals surface area contributed by atoms with Crippen LogP contribution in [0.2, 0.25) is 5.02 Å². The van der Waals surface area contributed by atoms with Crippen molar-refractivity contribution < 1.29 is 9.53 Å². The zero-order valence-corrected chi connectivity index (χ0v) is 16.1. The Labute approximate surface area is 163 Å². The first-order valence-electron chi connectivity index (χ1n) is 8.40. The minimum atomic E-state index is -0.269. The molecule has 2 aromatic carbocycles. The van der Waals surface area contributed by atoms with Gasteiger partial charge in [-0.1, -0.05) is 17.7 Å². The highest BCUT2D eigenvalue weighted by Gasteiger charge is 2.12. The number of nitrogens with one attached hydrogen (secondary N) is 2. The predicted octanol–water partition coefficient (Wildman–Crippen LogP) is 5.36. The Morgan fingerprint density at radius 1 is 1.04 bits per heavy atom. The smallest absolute Gasteiger partial charge is 0.257 e. The molecule has 0 atom stereocenters. The third-order valence-corrected chi connectivity index (χ3v) is 4.35. The molecule has 5 nitrogen and oxygen atoms in total. The third kappa shape index (κ3) is 4.57. The number of benzene rings is 2. The maximum Gasteiger partial charge on any atom is 0.257 e. The van der Waals surface area contributed by atoms with E-state index in [2.05, 4.69) is 15.6 Å². The molecule has 0 radical (unpaired) electrons. The average molecular weight is 382 g/mol. The summed E-state index contributed by atoms with van der Waals surface area (Å²) in [5, 5.41) is 6.61. The second-order valence-corrected chi connectivity index (χ2v) is 6.62. The highest BCUT2D eigenvalue weighted by Crippen LogP contribution is 2.28. The topological polar surface area (TPSA) is 63.2 Å². The molecule has 0 fully saturated rings. The quantitative estimate of drug-likeness (QED) is 0.624. The summed E-state index contributed by atoms with van der Waals surface area (Å²) < 4.78 is 5.15. The van der Waals surface area contributed by atoms with E-state index in [9.17, 15) is 4.79 Å². The molecule has 2 N–H and O–H groups in total. The first-order chi connectivity index (χ1) is 13.0. The van der Waals surface area contributed by atoms with Gasteiger partial charge in [0.25, 0.3) is 5.91 Å². The Kier molecular flexibility index (Phi) is 5.62. The molecule has 6 heteroatoms. The number of nitrogens with zero attached hydrogens (tertiary/aromatic N) is 1. The van der Waals surface area contributed by atoms with Crippen LogP contribution in [0.25, 0.3) is 0 Å². The summed E-state index contributed by atoms with van der Waals surface area (Å²) in [5.41, 5.74) is 4.58. The van der Waals surface area contributed by atoms with Crippen molar-refractivity contribution >= 4 is 34.6 Å². The van der Waals surface area contributed by atoms with E-state index < -0.39 is 0 Å². The van der Waals surface area contributed by atoms with Gasteiger partial charge in [-0.3, -0.25) is 9.78 Å². The fourth-order valence-electron chi connectivity index (χ4n) is 2.73. The van der Waals surface area contributed by atoms with E-state index in [4.69, 9.17) is 16.3 Å². The van der Waals surface area contributed by atoms with Crippen molar-refractivity contribution in [2.75, 3.05) is 17.7 Å². The number of hydrogen-bond acceptors (Lipinski definition) is 4. The van der Waals surface area contributed by atoms with Gasteiger partial charge in [-0.25, -0.2) is 0 Å². The lowest BCUT2D eigenvalue weighted by Gasteiger charge is -2.12. The lowest BCUT2D eigenvalue weighted by atomic mass is 10.1. The Bertz CT molecular complexity index is 948. The number of carbonyl (C=O) groups excluding carboxylic acids is 1. The second kappa shape index (κ2) is 8.10. The van der Waals surface area contributed by atoms with Crippen molar-refractivity contribution in [1.82, 2.24) is 4.98 Å². The van der Waals surface area contributed by atoms with E-state index in [1.165, 1.54) is 6.20 Å². The molecule has 138 valence electrons. The maximum absolute atomic E-state index is 12.6. The summed E-state index contributed by atoms with van der Waals surface area (Å²) >= 11 is 6.28. The Morgan fingerprint density at radius 2 is 1.78 bits per heavy atom. The minimum absolute atomic E-state index is 0.269. The fourth-order valence-corrected chi connectivity index (χ4v) is 3.10. The van der Waals surface area contributed by atoms with Crippen LogP contribution in [0.15, 0.2) is 54.9 Å². The number of carbonyl (C=O) groups is 1. The predicted molar refractivity (Wildman–Crippen MR) is 109 cm³/mol. The van der Waals surface area contributed by atoms with Crippen LogP contribution in [0.4, 0.5) is 17.1 Å². The van der Waals surface area contributed by atoms with Gasteiger partial charge in [-0.15, -0.1) is 0 Å². The number of methoxy groups -OCH3 is 1. The zero-order chi connectivity index (χ0) is 19.4. The highest BCUT2D eigenvalue weighted by atomic mass is 35.5. The fraction of sp³-hybridized carbons (Fsp3) is 0.143. The van der Waals surface area contributed by atoms with E-state index in [0.717, 1.165) is 22.6 Å². The Balaban J connectivity index is 1.77. The third-order valence-electron chi connectivity index (χ3n) is 4.05. The SMILES string of the molecule is COc1ccc(Nc2cncc(C(=O)Nc3c(C)cc(C)cc3Cl)c2)cc1. The molecule has 27 heavy (non-hydrogen) atoms. The number of ether oxygens (including phenoxy) is 1. The summed E-state index contributed by atoms with van der Waals surface area (Å²) in [6.07, 6.45) is 3.18. The summed E-state index contributed by atoms with van der Waals surface area (Å²) in [6, 6.07) is 13.0. The van der Waals surface area contributed by atoms with Crippen LogP contribution < -0.4 is 15.4 Å². The average Bonchev–Trinajstić information content (AvgIpc) is 2.65. The molecule has 1 aromatic heterocycles. The molecule has 0 aliphatic carbocycles. The molecule has 0 bridgehead atoms. The van der Waals surface area contributed by atoms with Gasteiger partial charge < -0.3 is 15.4 Å². The molecule has 0 aliphatic heterocycles. The maximum atomic E-state index is 12.6. The number of rotatable bonds is 5. The van der Waals surface area contributed by atoms with Crippen LogP contribution in [0.1, 0.15) is 21.5 Å². The lowest BCUT2D eigenvalue weighted by molar-refractivity contribution is 0.102. The van der Waals surface area contributed by atoms with Crippen molar-refractivity contribution in [1.29, 1.82) is 0 Å². The molecular weight excluding hydrogens is 362 g/mol. The standard InChI is InChI=1S/C21H20ClN3O2/c1-13-8-14(2)20(19(22)9-13)25-21(26)15-10-17(12-23-11-15)24-16-4-6-18(27-3)7-5-16/h4-12,24H,1-3H3,(H,25,26). The summed E-state index contributed by atoms with van der Waals surface area (Å²) in [6.45, 7) is 3.87. The van der Waals surface area contributed by atoms with Crippen LogP contribution in [-0.2, 0) is 0 Å². The molecular formula is C21H20ClN3O2. The highest BCUT2D eigenvalue weighted by molar-refractivity contribution is 6.34. The van der Waals surface area contributed by atoms with Gasteiger partial charge in [0.15, 0.2) is 0 Å². The molecule has 1 heterocycles. The molecule has 0 saturated heterocycles. The van der Waals surface area contributed by atoms with Crippen LogP contribution in [0, 0.1) is 13.8 Å². The van der Waals surface area contributed by atoms with E-state index in [1.54, 1.807) is 19.4 Å². The first-order valence-corrected chi connectivity index (χ1v) is 8.78. The number of aromatic nitrogens is 1. The number of pyridine rings is 1. The Hall–Kier alpha value is -3.05. The normalized spacial score (nSPS) is 10.4. The largest absolute Gasteiger partial charge is 0.497 e. The molecule has 0 spiro atoms. The number of aryl methyl sites for hydroxylation is 2. The van der Waals surface area contributed by atoms with E-state index in [0.29, 0.717) is 22.0 Å². The zero-order valence-electron chi connectivity index (χ0n) is 15.3. The minimum Gasteiger partial charge on any atom is -0.497 e. The van der Waals surface area contributed by atoms with Crippen LogP contribution >= 0.6 is 11.6 Å². The summed E-state index contributed by atoms with van der Waals surface area (Å²) in [7, 11) is 1.62. The van der Waals surface area contributed by atoms with Crippen molar-refractivity contribution in [3.63, 3.8) is 0 Å². The molecule has 3 aromatic rings. The van der Waals surface area contributed by atoms with E-state index >= 15 is 0 Å². The van der Waals surface area contributed by atoms with Crippen molar-refractivity contribution in [2.45, 2.75) is 13.8 Å². The summed E-state index contributed by atoms with van der Waals surface area (Å²) in [4.78, 5) is 16.8. The number of amides is 1. The van der Waals surface area contributed by atoms with Crippen molar-refractivity contribution in [3.8, 4) is 5.75 Å². The van der Waals surface area contributed by atoms with Crippen molar-refractivity contribution in [2.24, 2.45) is 0 Å². The number of hydrogen-bond donors (Lipinski definition) is 2. The molecule has 0 saturated carbocycles. The monoisotopic (exact) mass is 381 g/mol. The van der Waals surface area contributed by atoms with Gasteiger partial charge in [0, 0.05) is 11.9 Å². The number of anilines is 3. The Morgan fingerprint density at radius 3 is 2.44 bits per heavy atom. The molecule has 3 rings (SSSR count). The molecule has 0 aliphatic rings. The van der Waals surface area contributed by atoms with E-state index in [-0.39, 0.29) is 5.91 Å². The van der Waals surface area contributed by atoms with Crippen molar-refractivity contribution in [3.05, 3.63) is 76.6 Å². The first kappa shape index (κ1) is 18.7. The van der Waals surface area contributed by atoms with Crippen LogP contribution in [0.5, 0.6) is 5.75 Å². The lowest BCUT2D eigenvalue weighted by Crippen LogP contribution is -2.14. The van der Waals surface area contributed by atoms with Gasteiger partial charge in [0.2, 0.25) is 0 Å². The van der Waals surface area contributed by atoms with Gasteiger partial charge >= 0.3 is 0 Å². The van der Waals surface area contributed by atoms with Gasteiger partial charge in [0.1, 0.15) is 5.75 Å². The van der Waals surface area contributed by atoms with Crippen LogP contribution in [0.3, 0.4) is 0 Å². The van der Waals surface area contributed by atoms with Gasteiger partial charge in [-0.05, 0) is 61.4 Å². The summed E-state index contributed by atoms with van der Waals surface area (Å²) in [5.74, 6) is 0.506. The number of halogens is 1. The van der Waals surface area contributed by atoms with Crippen LogP contribution in [-0.4, -0.2) is 18.0 Å². The van der Waals surface area contributed by atoms with Gasteiger partial charge in [-0.2, -0.15) is 0 Å². The second-order valence-electron chi connectivity index (χ2n) is 6.21.